The number of aryl methyl sites for hydroxylation is 1. The normalized spacial score (nSPS) is 10.5. The highest BCUT2D eigenvalue weighted by Gasteiger charge is 2.06. The number of rotatable bonds is 7. The van der Waals surface area contributed by atoms with E-state index in [2.05, 4.69) is 49.1 Å². The van der Waals surface area contributed by atoms with Gasteiger partial charge in [-0.2, -0.15) is 5.26 Å². The third kappa shape index (κ3) is 4.61. The van der Waals surface area contributed by atoms with Crippen LogP contribution in [-0.2, 0) is 6.54 Å². The van der Waals surface area contributed by atoms with Crippen molar-refractivity contribution >= 4 is 0 Å². The van der Waals surface area contributed by atoms with Crippen molar-refractivity contribution in [2.45, 2.75) is 20.4 Å². The summed E-state index contributed by atoms with van der Waals surface area (Å²) >= 11 is 0. The van der Waals surface area contributed by atoms with Crippen LogP contribution in [0.4, 0.5) is 0 Å². The fourth-order valence-electron chi connectivity index (χ4n) is 2.33. The second-order valence-electron chi connectivity index (χ2n) is 5.28. The van der Waals surface area contributed by atoms with Crippen LogP contribution in [0.25, 0.3) is 0 Å². The highest BCUT2D eigenvalue weighted by atomic mass is 16.5. The van der Waals surface area contributed by atoms with Gasteiger partial charge < -0.3 is 4.74 Å². The lowest BCUT2D eigenvalue weighted by molar-refractivity contribution is 0.210. The van der Waals surface area contributed by atoms with Crippen LogP contribution in [0.1, 0.15) is 23.6 Å². The Morgan fingerprint density at radius 2 is 1.95 bits per heavy atom. The summed E-state index contributed by atoms with van der Waals surface area (Å²) in [5.74, 6) is 0.756. The number of likely N-dealkylation sites (N-methyl/N-ethyl adjacent to an activating group) is 1. The molecule has 0 aromatic heterocycles. The van der Waals surface area contributed by atoms with Crippen LogP contribution in [0.3, 0.4) is 0 Å². The van der Waals surface area contributed by atoms with Gasteiger partial charge >= 0.3 is 0 Å². The van der Waals surface area contributed by atoms with Gasteiger partial charge in [-0.25, -0.2) is 0 Å². The van der Waals surface area contributed by atoms with E-state index in [1.807, 2.05) is 12.1 Å². The van der Waals surface area contributed by atoms with Gasteiger partial charge in [0.15, 0.2) is 0 Å². The van der Waals surface area contributed by atoms with E-state index in [1.165, 1.54) is 11.1 Å². The van der Waals surface area contributed by atoms with Crippen LogP contribution >= 0.6 is 0 Å². The maximum absolute atomic E-state index is 8.89. The first-order valence-corrected chi connectivity index (χ1v) is 7.62. The van der Waals surface area contributed by atoms with Gasteiger partial charge in [-0.1, -0.05) is 37.3 Å². The van der Waals surface area contributed by atoms with Crippen LogP contribution in [0.5, 0.6) is 5.75 Å². The topological polar surface area (TPSA) is 36.3 Å². The number of nitriles is 1. The average Bonchev–Trinajstić information content (AvgIpc) is 2.56. The van der Waals surface area contributed by atoms with Crippen molar-refractivity contribution in [3.8, 4) is 11.8 Å². The lowest BCUT2D eigenvalue weighted by atomic mass is 10.1. The molecule has 3 heteroatoms. The van der Waals surface area contributed by atoms with Crippen molar-refractivity contribution in [3.63, 3.8) is 0 Å². The Kier molecular flexibility index (Phi) is 6.00. The van der Waals surface area contributed by atoms with Gasteiger partial charge in [0.05, 0.1) is 11.6 Å². The van der Waals surface area contributed by atoms with Crippen molar-refractivity contribution in [1.82, 2.24) is 4.90 Å². The first-order valence-electron chi connectivity index (χ1n) is 7.62. The minimum absolute atomic E-state index is 0.620. The predicted molar refractivity (Wildman–Crippen MR) is 88.8 cm³/mol. The molecule has 0 radical (unpaired) electrons. The second kappa shape index (κ2) is 8.21. The fraction of sp³-hybridized carbons (Fsp3) is 0.316. The molecule has 3 nitrogen and oxygen atoms in total. The number of benzene rings is 2. The third-order valence-electron chi connectivity index (χ3n) is 3.74. The quantitative estimate of drug-likeness (QED) is 0.780. The Bertz CT molecular complexity index is 646. The first kappa shape index (κ1) is 16.1. The second-order valence-corrected chi connectivity index (χ2v) is 5.28. The Balaban J connectivity index is 1.86. The van der Waals surface area contributed by atoms with Gasteiger partial charge in [0.25, 0.3) is 0 Å². The molecule has 2 aromatic rings. The van der Waals surface area contributed by atoms with Crippen molar-refractivity contribution < 1.29 is 4.74 Å². The van der Waals surface area contributed by atoms with Crippen molar-refractivity contribution in [3.05, 3.63) is 65.2 Å². The molecule has 0 unspecified atom stereocenters. The van der Waals surface area contributed by atoms with Gasteiger partial charge in [-0.15, -0.1) is 0 Å². The predicted octanol–water partition coefficient (Wildman–Crippen LogP) is 3.77. The molecule has 22 heavy (non-hydrogen) atoms. The molecular formula is C19H22N2O. The lowest BCUT2D eigenvalue weighted by Gasteiger charge is -2.21. The average molecular weight is 294 g/mol. The molecule has 0 spiro atoms. The smallest absolute Gasteiger partial charge is 0.120 e. The van der Waals surface area contributed by atoms with E-state index in [1.54, 1.807) is 12.1 Å². The summed E-state index contributed by atoms with van der Waals surface area (Å²) in [5, 5.41) is 8.89. The molecule has 2 rings (SSSR count). The molecule has 0 amide bonds. The lowest BCUT2D eigenvalue weighted by Crippen LogP contribution is -2.28. The minimum atomic E-state index is 0.620. The van der Waals surface area contributed by atoms with E-state index in [0.717, 1.165) is 25.4 Å². The zero-order chi connectivity index (χ0) is 15.8. The van der Waals surface area contributed by atoms with Crippen LogP contribution < -0.4 is 4.74 Å². The molecule has 0 saturated heterocycles. The molecule has 0 fully saturated rings. The molecule has 0 heterocycles. The maximum atomic E-state index is 8.89. The third-order valence-corrected chi connectivity index (χ3v) is 3.74. The van der Waals surface area contributed by atoms with Gasteiger partial charge in [0.1, 0.15) is 12.4 Å². The molecule has 114 valence electrons. The number of hydrogen-bond acceptors (Lipinski definition) is 3. The monoisotopic (exact) mass is 294 g/mol. The summed E-state index contributed by atoms with van der Waals surface area (Å²) in [6.07, 6.45) is 0. The van der Waals surface area contributed by atoms with E-state index in [9.17, 15) is 0 Å². The molecule has 0 atom stereocenters. The molecule has 0 bridgehead atoms. The van der Waals surface area contributed by atoms with Crippen molar-refractivity contribution in [2.75, 3.05) is 19.7 Å². The summed E-state index contributed by atoms with van der Waals surface area (Å²) in [7, 11) is 0. The number of ether oxygens (including phenoxy) is 1. The van der Waals surface area contributed by atoms with Crippen molar-refractivity contribution in [1.29, 1.82) is 5.26 Å². The SMILES string of the molecule is CCN(CCOc1cccc(C#N)c1)Cc1ccccc1C. The Morgan fingerprint density at radius 3 is 2.68 bits per heavy atom. The molecule has 0 aliphatic rings. The highest BCUT2D eigenvalue weighted by Crippen LogP contribution is 2.13. The van der Waals surface area contributed by atoms with Gasteiger partial charge in [-0.05, 0) is 42.8 Å². The summed E-state index contributed by atoms with van der Waals surface area (Å²) in [6.45, 7) is 7.71. The maximum Gasteiger partial charge on any atom is 0.120 e. The zero-order valence-electron chi connectivity index (χ0n) is 13.2. The molecule has 0 N–H and O–H groups in total. The summed E-state index contributed by atoms with van der Waals surface area (Å²) in [6, 6.07) is 17.9. The highest BCUT2D eigenvalue weighted by molar-refractivity contribution is 5.36. The van der Waals surface area contributed by atoms with Crippen LogP contribution in [0.2, 0.25) is 0 Å². The Labute approximate surface area is 132 Å². The van der Waals surface area contributed by atoms with Crippen LogP contribution in [-0.4, -0.2) is 24.6 Å². The Morgan fingerprint density at radius 1 is 1.14 bits per heavy atom. The summed E-state index contributed by atoms with van der Waals surface area (Å²) < 4.78 is 5.76. The van der Waals surface area contributed by atoms with E-state index >= 15 is 0 Å². The van der Waals surface area contributed by atoms with E-state index in [-0.39, 0.29) is 0 Å². The largest absolute Gasteiger partial charge is 0.492 e. The summed E-state index contributed by atoms with van der Waals surface area (Å²) in [5.41, 5.74) is 3.31. The first-order chi connectivity index (χ1) is 10.7. The van der Waals surface area contributed by atoms with Gasteiger partial charge in [0, 0.05) is 13.1 Å². The van der Waals surface area contributed by atoms with E-state index < -0.39 is 0 Å². The number of nitrogens with zero attached hydrogens (tertiary/aromatic N) is 2. The molecule has 0 saturated carbocycles. The van der Waals surface area contributed by atoms with Crippen LogP contribution in [0.15, 0.2) is 48.5 Å². The van der Waals surface area contributed by atoms with Gasteiger partial charge in [0.2, 0.25) is 0 Å². The molecular weight excluding hydrogens is 272 g/mol. The fourth-order valence-corrected chi connectivity index (χ4v) is 2.33. The summed E-state index contributed by atoms with van der Waals surface area (Å²) in [4.78, 5) is 2.36. The molecule has 0 aliphatic heterocycles. The van der Waals surface area contributed by atoms with Gasteiger partial charge in [-0.3, -0.25) is 4.90 Å². The van der Waals surface area contributed by atoms with Crippen LogP contribution in [0, 0.1) is 18.3 Å². The Hall–Kier alpha value is -2.31. The van der Waals surface area contributed by atoms with Crippen molar-refractivity contribution in [2.24, 2.45) is 0 Å². The molecule has 0 aliphatic carbocycles. The minimum Gasteiger partial charge on any atom is -0.492 e. The standard InChI is InChI=1S/C19H22N2O/c1-3-21(15-18-9-5-4-7-16(18)2)11-12-22-19-10-6-8-17(13-19)14-20/h4-10,13H,3,11-12,15H2,1-2H3. The zero-order valence-corrected chi connectivity index (χ0v) is 13.2. The molecule has 2 aromatic carbocycles. The number of hydrogen-bond donors (Lipinski definition) is 0. The van der Waals surface area contributed by atoms with E-state index in [0.29, 0.717) is 12.2 Å². The van der Waals surface area contributed by atoms with E-state index in [4.69, 9.17) is 10.00 Å².